The highest BCUT2D eigenvalue weighted by Crippen LogP contribution is 2.46. The molecule has 31 heavy (non-hydrogen) atoms. The molecular weight excluding hydrogens is 494 g/mol. The van der Waals surface area contributed by atoms with Crippen molar-refractivity contribution in [1.29, 1.82) is 0 Å². The summed E-state index contributed by atoms with van der Waals surface area (Å²) in [6, 6.07) is 11.3. The SMILES string of the molecule is Clc1ccc(C(Cn2ccnc2)SC(Cn2ccnc2)c2ccc(Cl)cc2Cl)c(Cl)c1. The van der Waals surface area contributed by atoms with Crippen molar-refractivity contribution in [3.8, 4) is 0 Å². The summed E-state index contributed by atoms with van der Waals surface area (Å²) in [5, 5.41) is 2.53. The van der Waals surface area contributed by atoms with Crippen LogP contribution in [-0.4, -0.2) is 19.1 Å². The number of hydrogen-bond donors (Lipinski definition) is 0. The molecule has 2 atom stereocenters. The van der Waals surface area contributed by atoms with Gasteiger partial charge in [0.2, 0.25) is 0 Å². The van der Waals surface area contributed by atoms with Gasteiger partial charge in [-0.05, 0) is 35.4 Å². The number of thioether (sulfide) groups is 1. The van der Waals surface area contributed by atoms with E-state index in [1.807, 2.05) is 45.8 Å². The maximum absolute atomic E-state index is 6.61. The molecule has 4 nitrogen and oxygen atoms in total. The van der Waals surface area contributed by atoms with E-state index in [1.165, 1.54) is 0 Å². The summed E-state index contributed by atoms with van der Waals surface area (Å²) in [6.07, 6.45) is 11.0. The third kappa shape index (κ3) is 5.79. The van der Waals surface area contributed by atoms with E-state index < -0.39 is 0 Å². The Morgan fingerprint density at radius 1 is 0.710 bits per heavy atom. The highest BCUT2D eigenvalue weighted by Gasteiger charge is 2.25. The lowest BCUT2D eigenvalue weighted by Gasteiger charge is -2.26. The van der Waals surface area contributed by atoms with Crippen LogP contribution < -0.4 is 0 Å². The van der Waals surface area contributed by atoms with E-state index in [1.54, 1.807) is 48.9 Å². The summed E-state index contributed by atoms with van der Waals surface area (Å²) in [4.78, 5) is 8.36. The minimum Gasteiger partial charge on any atom is -0.336 e. The van der Waals surface area contributed by atoms with E-state index in [4.69, 9.17) is 46.4 Å². The minimum absolute atomic E-state index is 0.0271. The number of nitrogens with zero attached hydrogens (tertiary/aromatic N) is 4. The highest BCUT2D eigenvalue weighted by atomic mass is 35.5. The summed E-state index contributed by atoms with van der Waals surface area (Å²) in [7, 11) is 0. The molecule has 0 N–H and O–H groups in total. The van der Waals surface area contributed by atoms with E-state index in [-0.39, 0.29) is 10.5 Å². The molecular formula is C22H18Cl4N4S. The first-order chi connectivity index (χ1) is 15.0. The van der Waals surface area contributed by atoms with E-state index >= 15 is 0 Å². The number of aromatic nitrogens is 4. The van der Waals surface area contributed by atoms with Crippen molar-refractivity contribution >= 4 is 58.2 Å². The molecule has 0 spiro atoms. The van der Waals surface area contributed by atoms with E-state index in [0.717, 1.165) is 11.1 Å². The zero-order chi connectivity index (χ0) is 21.8. The van der Waals surface area contributed by atoms with Crippen LogP contribution in [0.2, 0.25) is 20.1 Å². The summed E-state index contributed by atoms with van der Waals surface area (Å²) in [5.74, 6) is 0. The molecule has 2 aromatic carbocycles. The molecule has 0 amide bonds. The van der Waals surface area contributed by atoms with Crippen molar-refractivity contribution in [2.75, 3.05) is 0 Å². The number of rotatable bonds is 8. The number of imidazole rings is 2. The van der Waals surface area contributed by atoms with Crippen molar-refractivity contribution < 1.29 is 0 Å². The monoisotopic (exact) mass is 510 g/mol. The average Bonchev–Trinajstić information content (AvgIpc) is 3.41. The summed E-state index contributed by atoms with van der Waals surface area (Å²) >= 11 is 27.3. The van der Waals surface area contributed by atoms with Crippen LogP contribution >= 0.6 is 58.2 Å². The molecule has 0 bridgehead atoms. The van der Waals surface area contributed by atoms with Gasteiger partial charge >= 0.3 is 0 Å². The Labute approximate surface area is 205 Å². The summed E-state index contributed by atoms with van der Waals surface area (Å²) < 4.78 is 4.08. The van der Waals surface area contributed by atoms with Gasteiger partial charge in [0, 0.05) is 68.5 Å². The highest BCUT2D eigenvalue weighted by molar-refractivity contribution is 7.99. The van der Waals surface area contributed by atoms with Gasteiger partial charge in [-0.1, -0.05) is 58.5 Å². The van der Waals surface area contributed by atoms with E-state index in [2.05, 4.69) is 9.97 Å². The molecule has 2 heterocycles. The Bertz CT molecular complexity index is 1040. The standard InChI is InChI=1S/C22H18Cl4N4S/c23-15-1-3-17(19(25)9-15)21(11-29-7-5-27-13-29)31-22(12-30-8-6-28-14-30)18-4-2-16(24)10-20(18)26/h1-10,13-14,21-22H,11-12H2. The van der Waals surface area contributed by atoms with Crippen molar-refractivity contribution in [2.24, 2.45) is 0 Å². The fourth-order valence-electron chi connectivity index (χ4n) is 3.33. The van der Waals surface area contributed by atoms with Gasteiger partial charge in [-0.15, -0.1) is 11.8 Å². The van der Waals surface area contributed by atoms with Gasteiger partial charge in [0.05, 0.1) is 12.7 Å². The molecule has 0 saturated heterocycles. The van der Waals surface area contributed by atoms with Gasteiger partial charge < -0.3 is 9.13 Å². The Balaban J connectivity index is 1.71. The van der Waals surface area contributed by atoms with E-state index in [0.29, 0.717) is 33.2 Å². The van der Waals surface area contributed by atoms with Crippen LogP contribution in [-0.2, 0) is 13.1 Å². The molecule has 2 aromatic heterocycles. The lowest BCUT2D eigenvalue weighted by Crippen LogP contribution is -2.12. The van der Waals surface area contributed by atoms with Crippen molar-refractivity contribution in [2.45, 2.75) is 23.6 Å². The van der Waals surface area contributed by atoms with Crippen molar-refractivity contribution in [3.05, 3.63) is 105 Å². The zero-order valence-corrected chi connectivity index (χ0v) is 20.0. The normalized spacial score (nSPS) is 13.3. The van der Waals surface area contributed by atoms with Gasteiger partial charge in [0.25, 0.3) is 0 Å². The first kappa shape index (κ1) is 22.6. The maximum Gasteiger partial charge on any atom is 0.0946 e. The molecule has 4 aromatic rings. The van der Waals surface area contributed by atoms with Crippen molar-refractivity contribution in [3.63, 3.8) is 0 Å². The third-order valence-electron chi connectivity index (χ3n) is 4.82. The smallest absolute Gasteiger partial charge is 0.0946 e. The van der Waals surface area contributed by atoms with Gasteiger partial charge in [0.1, 0.15) is 0 Å². The lowest BCUT2D eigenvalue weighted by molar-refractivity contribution is 0.657. The summed E-state index contributed by atoms with van der Waals surface area (Å²) in [6.45, 7) is 1.38. The first-order valence-corrected chi connectivity index (χ1v) is 11.9. The maximum atomic E-state index is 6.61. The van der Waals surface area contributed by atoms with Crippen LogP contribution in [0.15, 0.2) is 73.8 Å². The van der Waals surface area contributed by atoms with Crippen LogP contribution in [0.1, 0.15) is 21.6 Å². The predicted octanol–water partition coefficient (Wildman–Crippen LogP) is 7.61. The quantitative estimate of drug-likeness (QED) is 0.244. The molecule has 0 aliphatic rings. The van der Waals surface area contributed by atoms with Crippen LogP contribution in [0.25, 0.3) is 0 Å². The topological polar surface area (TPSA) is 35.6 Å². The number of hydrogen-bond acceptors (Lipinski definition) is 3. The molecule has 160 valence electrons. The van der Waals surface area contributed by atoms with Gasteiger partial charge in [-0.25, -0.2) is 9.97 Å². The number of benzene rings is 2. The fraction of sp³-hybridized carbons (Fsp3) is 0.182. The molecule has 0 radical (unpaired) electrons. The molecule has 2 unspecified atom stereocenters. The van der Waals surface area contributed by atoms with Gasteiger partial charge in [0.15, 0.2) is 0 Å². The van der Waals surface area contributed by atoms with Crippen LogP contribution in [0.3, 0.4) is 0 Å². The second-order valence-electron chi connectivity index (χ2n) is 6.96. The summed E-state index contributed by atoms with van der Waals surface area (Å²) in [5.41, 5.74) is 2.01. The molecule has 0 aliphatic carbocycles. The van der Waals surface area contributed by atoms with Crippen LogP contribution in [0.4, 0.5) is 0 Å². The van der Waals surface area contributed by atoms with E-state index in [9.17, 15) is 0 Å². The Kier molecular flexibility index (Phi) is 7.51. The Hall–Kier alpha value is -1.63. The Morgan fingerprint density at radius 2 is 1.16 bits per heavy atom. The predicted molar refractivity (Wildman–Crippen MR) is 130 cm³/mol. The molecule has 9 heteroatoms. The molecule has 0 saturated carbocycles. The van der Waals surface area contributed by atoms with Crippen LogP contribution in [0.5, 0.6) is 0 Å². The first-order valence-electron chi connectivity index (χ1n) is 9.46. The third-order valence-corrected chi connectivity index (χ3v) is 7.41. The zero-order valence-electron chi connectivity index (χ0n) is 16.2. The van der Waals surface area contributed by atoms with Crippen LogP contribution in [0, 0.1) is 0 Å². The molecule has 0 fully saturated rings. The average molecular weight is 512 g/mol. The lowest BCUT2D eigenvalue weighted by atomic mass is 10.1. The molecule has 0 aliphatic heterocycles. The minimum atomic E-state index is 0.0271. The van der Waals surface area contributed by atoms with Gasteiger partial charge in [-0.2, -0.15) is 0 Å². The number of halogens is 4. The fourth-order valence-corrected chi connectivity index (χ4v) is 6.15. The Morgan fingerprint density at radius 3 is 1.52 bits per heavy atom. The molecule has 4 rings (SSSR count). The second-order valence-corrected chi connectivity index (χ2v) is 10.1. The second kappa shape index (κ2) is 10.3. The largest absolute Gasteiger partial charge is 0.336 e. The van der Waals surface area contributed by atoms with Gasteiger partial charge in [-0.3, -0.25) is 0 Å². The van der Waals surface area contributed by atoms with Crippen molar-refractivity contribution in [1.82, 2.24) is 19.1 Å².